The van der Waals surface area contributed by atoms with Crippen LogP contribution in [0.5, 0.6) is 5.75 Å². The van der Waals surface area contributed by atoms with Crippen LogP contribution in [0.15, 0.2) is 51.9 Å². The van der Waals surface area contributed by atoms with Gasteiger partial charge in [-0.2, -0.15) is 0 Å². The summed E-state index contributed by atoms with van der Waals surface area (Å²) >= 11 is 0. The zero-order valence-corrected chi connectivity index (χ0v) is 15.4. The molecule has 1 unspecified atom stereocenters. The fraction of sp³-hybridized carbons (Fsp3) is 0.286. The maximum atomic E-state index is 13.5. The van der Waals surface area contributed by atoms with Gasteiger partial charge in [-0.3, -0.25) is 4.99 Å². The first-order valence-electron chi connectivity index (χ1n) is 9.02. The maximum Gasteiger partial charge on any atom is 0.191 e. The molecule has 0 spiro atoms. The topological polar surface area (TPSA) is 58.8 Å². The number of nitrogens with one attached hydrogen (secondary N) is 2. The van der Waals surface area contributed by atoms with Crippen LogP contribution >= 0.6 is 0 Å². The number of ether oxygens (including phenoxy) is 1. The molecule has 3 aromatic rings. The molecule has 0 bridgehead atoms. The lowest BCUT2D eigenvalue weighted by molar-refractivity contribution is 0.261. The summed E-state index contributed by atoms with van der Waals surface area (Å²) in [6, 6.07) is 12.7. The Kier molecular flexibility index (Phi) is 4.71. The smallest absolute Gasteiger partial charge is 0.191 e. The third kappa shape index (κ3) is 3.47. The third-order valence-corrected chi connectivity index (χ3v) is 4.91. The van der Waals surface area contributed by atoms with Crippen molar-refractivity contribution in [2.45, 2.75) is 25.9 Å². The van der Waals surface area contributed by atoms with Crippen LogP contribution in [0, 0.1) is 12.7 Å². The zero-order chi connectivity index (χ0) is 18.8. The number of hydrogen-bond donors (Lipinski definition) is 2. The van der Waals surface area contributed by atoms with Gasteiger partial charge in [0.2, 0.25) is 0 Å². The molecule has 1 aliphatic rings. The van der Waals surface area contributed by atoms with E-state index in [-0.39, 0.29) is 11.9 Å². The number of furan rings is 1. The summed E-state index contributed by atoms with van der Waals surface area (Å²) in [7, 11) is 1.74. The molecule has 2 aromatic carbocycles. The largest absolute Gasteiger partial charge is 0.493 e. The second-order valence-electron chi connectivity index (χ2n) is 6.59. The van der Waals surface area contributed by atoms with Crippen LogP contribution < -0.4 is 15.4 Å². The third-order valence-electron chi connectivity index (χ3n) is 4.91. The molecule has 2 N–H and O–H groups in total. The fourth-order valence-electron chi connectivity index (χ4n) is 3.43. The number of aliphatic imine (C=N–C) groups is 1. The van der Waals surface area contributed by atoms with Crippen LogP contribution in [0.4, 0.5) is 4.39 Å². The molecule has 27 heavy (non-hydrogen) atoms. The average Bonchev–Trinajstić information content (AvgIpc) is 3.00. The standard InChI is InChI=1S/C21H22FN3O2/c1-13-16-11-14(22)7-8-19(16)27-20(13)12-24-21(23-2)25-17-9-10-26-18-6-4-3-5-15(17)18/h3-8,11,17H,9-10,12H2,1-2H3,(H2,23,24,25). The molecular formula is C21H22FN3O2. The number of fused-ring (bicyclic) bond motifs is 2. The fourth-order valence-corrected chi connectivity index (χ4v) is 3.43. The lowest BCUT2D eigenvalue weighted by atomic mass is 10.0. The van der Waals surface area contributed by atoms with Gasteiger partial charge in [-0.1, -0.05) is 18.2 Å². The van der Waals surface area contributed by atoms with E-state index in [0.717, 1.165) is 34.4 Å². The van der Waals surface area contributed by atoms with Gasteiger partial charge in [-0.15, -0.1) is 0 Å². The zero-order valence-electron chi connectivity index (χ0n) is 15.4. The SMILES string of the molecule is CN=C(NCc1oc2ccc(F)cc2c1C)NC1CCOc2ccccc21. The molecule has 1 atom stereocenters. The number of benzene rings is 2. The molecule has 6 heteroatoms. The van der Waals surface area contributed by atoms with Gasteiger partial charge in [-0.05, 0) is 31.2 Å². The van der Waals surface area contributed by atoms with Crippen molar-refractivity contribution in [1.29, 1.82) is 0 Å². The number of hydrogen-bond acceptors (Lipinski definition) is 3. The van der Waals surface area contributed by atoms with E-state index in [1.54, 1.807) is 13.1 Å². The first kappa shape index (κ1) is 17.4. The van der Waals surface area contributed by atoms with Crippen molar-refractivity contribution in [3.63, 3.8) is 0 Å². The van der Waals surface area contributed by atoms with Crippen LogP contribution in [-0.4, -0.2) is 19.6 Å². The van der Waals surface area contributed by atoms with E-state index in [2.05, 4.69) is 21.7 Å². The number of guanidine groups is 1. The van der Waals surface area contributed by atoms with E-state index in [9.17, 15) is 4.39 Å². The summed E-state index contributed by atoms with van der Waals surface area (Å²) in [5, 5.41) is 7.54. The highest BCUT2D eigenvalue weighted by Crippen LogP contribution is 2.31. The highest BCUT2D eigenvalue weighted by atomic mass is 19.1. The summed E-state index contributed by atoms with van der Waals surface area (Å²) in [5.41, 5.74) is 2.75. The van der Waals surface area contributed by atoms with Crippen LogP contribution in [0.2, 0.25) is 0 Å². The predicted molar refractivity (Wildman–Crippen MR) is 104 cm³/mol. The van der Waals surface area contributed by atoms with Crippen molar-refractivity contribution < 1.29 is 13.5 Å². The predicted octanol–water partition coefficient (Wildman–Crippen LogP) is 4.07. The van der Waals surface area contributed by atoms with Crippen LogP contribution in [0.25, 0.3) is 11.0 Å². The molecule has 0 fully saturated rings. The highest BCUT2D eigenvalue weighted by molar-refractivity contribution is 5.83. The van der Waals surface area contributed by atoms with E-state index < -0.39 is 0 Å². The van der Waals surface area contributed by atoms with Crippen molar-refractivity contribution in [2.24, 2.45) is 4.99 Å². The quantitative estimate of drug-likeness (QED) is 0.541. The van der Waals surface area contributed by atoms with E-state index in [1.807, 2.05) is 25.1 Å². The molecule has 1 aromatic heterocycles. The van der Waals surface area contributed by atoms with E-state index in [1.165, 1.54) is 12.1 Å². The van der Waals surface area contributed by atoms with Crippen LogP contribution in [0.3, 0.4) is 0 Å². The average molecular weight is 367 g/mol. The Bertz CT molecular complexity index is 996. The van der Waals surface area contributed by atoms with Gasteiger partial charge in [0.1, 0.15) is 22.9 Å². The minimum atomic E-state index is -0.262. The highest BCUT2D eigenvalue weighted by Gasteiger charge is 2.22. The summed E-state index contributed by atoms with van der Waals surface area (Å²) in [5.74, 6) is 2.10. The molecule has 0 saturated heterocycles. The van der Waals surface area contributed by atoms with Gasteiger partial charge in [0.15, 0.2) is 5.96 Å². The number of halogens is 1. The van der Waals surface area contributed by atoms with Gasteiger partial charge in [0.05, 0.1) is 19.2 Å². The second-order valence-corrected chi connectivity index (χ2v) is 6.59. The van der Waals surface area contributed by atoms with Crippen molar-refractivity contribution in [1.82, 2.24) is 10.6 Å². The van der Waals surface area contributed by atoms with Gasteiger partial charge in [-0.25, -0.2) is 4.39 Å². The molecule has 5 nitrogen and oxygen atoms in total. The van der Waals surface area contributed by atoms with E-state index in [0.29, 0.717) is 24.7 Å². The Hall–Kier alpha value is -3.02. The monoisotopic (exact) mass is 367 g/mol. The molecular weight excluding hydrogens is 345 g/mol. The van der Waals surface area contributed by atoms with E-state index >= 15 is 0 Å². The lowest BCUT2D eigenvalue weighted by Crippen LogP contribution is -2.40. The van der Waals surface area contributed by atoms with Gasteiger partial charge in [0.25, 0.3) is 0 Å². The van der Waals surface area contributed by atoms with Crippen molar-refractivity contribution in [3.05, 3.63) is 65.2 Å². The minimum absolute atomic E-state index is 0.131. The summed E-state index contributed by atoms with van der Waals surface area (Å²) in [6.07, 6.45) is 0.862. The van der Waals surface area contributed by atoms with Crippen molar-refractivity contribution in [3.8, 4) is 5.75 Å². The van der Waals surface area contributed by atoms with Gasteiger partial charge in [0, 0.05) is 30.0 Å². The molecule has 2 heterocycles. The molecule has 0 amide bonds. The Labute approximate surface area is 157 Å². The molecule has 0 radical (unpaired) electrons. The van der Waals surface area contributed by atoms with Gasteiger partial charge < -0.3 is 19.8 Å². The Morgan fingerprint density at radius 1 is 1.26 bits per heavy atom. The lowest BCUT2D eigenvalue weighted by Gasteiger charge is -2.28. The molecule has 140 valence electrons. The van der Waals surface area contributed by atoms with Crippen LogP contribution in [-0.2, 0) is 6.54 Å². The Morgan fingerprint density at radius 2 is 2.11 bits per heavy atom. The van der Waals surface area contributed by atoms with Crippen molar-refractivity contribution in [2.75, 3.05) is 13.7 Å². The first-order valence-corrected chi connectivity index (χ1v) is 9.02. The molecule has 0 aliphatic carbocycles. The van der Waals surface area contributed by atoms with E-state index in [4.69, 9.17) is 9.15 Å². The minimum Gasteiger partial charge on any atom is -0.493 e. The summed E-state index contributed by atoms with van der Waals surface area (Å²) in [6.45, 7) is 3.07. The van der Waals surface area contributed by atoms with Crippen molar-refractivity contribution >= 4 is 16.9 Å². The van der Waals surface area contributed by atoms with Gasteiger partial charge >= 0.3 is 0 Å². The molecule has 0 saturated carbocycles. The Morgan fingerprint density at radius 3 is 2.96 bits per heavy atom. The summed E-state index contributed by atoms with van der Waals surface area (Å²) in [4.78, 5) is 4.32. The first-order chi connectivity index (χ1) is 13.2. The summed E-state index contributed by atoms with van der Waals surface area (Å²) < 4.78 is 25.1. The normalized spacial score (nSPS) is 16.7. The number of para-hydroxylation sites is 1. The second kappa shape index (κ2) is 7.31. The number of nitrogens with zero attached hydrogens (tertiary/aromatic N) is 1. The van der Waals surface area contributed by atoms with Crippen LogP contribution in [0.1, 0.15) is 29.3 Å². The maximum absolute atomic E-state index is 13.5. The number of rotatable bonds is 3. The number of aryl methyl sites for hydroxylation is 1. The molecule has 1 aliphatic heterocycles. The Balaban J connectivity index is 1.47. The molecule has 4 rings (SSSR count).